The van der Waals surface area contributed by atoms with Crippen molar-refractivity contribution in [1.82, 2.24) is 0 Å². The van der Waals surface area contributed by atoms with Crippen LogP contribution in [-0.2, 0) is 23.2 Å². The van der Waals surface area contributed by atoms with E-state index in [2.05, 4.69) is 32.8 Å². The monoisotopic (exact) mass is 313 g/mol. The van der Waals surface area contributed by atoms with Crippen molar-refractivity contribution in [2.45, 2.75) is 32.5 Å². The van der Waals surface area contributed by atoms with Gasteiger partial charge in [-0.15, -0.1) is 0 Å². The van der Waals surface area contributed by atoms with E-state index >= 15 is 0 Å². The van der Waals surface area contributed by atoms with Crippen LogP contribution in [0.5, 0.6) is 0 Å². The zero-order valence-corrected chi connectivity index (χ0v) is 14.3. The van der Waals surface area contributed by atoms with Crippen molar-refractivity contribution in [3.8, 4) is 0 Å². The van der Waals surface area contributed by atoms with Crippen LogP contribution < -0.4 is 0 Å². The van der Waals surface area contributed by atoms with Crippen LogP contribution in [0.1, 0.15) is 0 Å². The fourth-order valence-electron chi connectivity index (χ4n) is 1.16. The van der Waals surface area contributed by atoms with Gasteiger partial charge in [-0.05, 0) is 32.3 Å². The second-order valence-electron chi connectivity index (χ2n) is 4.83. The molecule has 0 saturated carbocycles. The third-order valence-electron chi connectivity index (χ3n) is 1.75. The van der Waals surface area contributed by atoms with Crippen molar-refractivity contribution >= 4 is 29.3 Å². The smallest absolute Gasteiger partial charge is 0.333 e. The SMILES string of the molecule is C=CC(=O)OC(C=C[Si](C)O[Si](C)(C)C)OC(=O)C=C. The van der Waals surface area contributed by atoms with Crippen molar-refractivity contribution in [3.05, 3.63) is 37.1 Å². The predicted octanol–water partition coefficient (Wildman–Crippen LogP) is 2.34. The van der Waals surface area contributed by atoms with E-state index in [0.717, 1.165) is 12.2 Å². The molecule has 0 aromatic heterocycles. The highest BCUT2D eigenvalue weighted by Crippen LogP contribution is 2.07. The molecule has 0 rings (SSSR count). The summed E-state index contributed by atoms with van der Waals surface area (Å²) in [4.78, 5) is 22.3. The van der Waals surface area contributed by atoms with Crippen LogP contribution in [-0.4, -0.2) is 35.6 Å². The maximum Gasteiger partial charge on any atom is 0.333 e. The molecule has 0 fully saturated rings. The Balaban J connectivity index is 4.69. The molecule has 0 atom stereocenters. The summed E-state index contributed by atoms with van der Waals surface area (Å²) >= 11 is 0. The molecule has 0 aliphatic carbocycles. The van der Waals surface area contributed by atoms with Gasteiger partial charge in [0, 0.05) is 12.2 Å². The lowest BCUT2D eigenvalue weighted by molar-refractivity contribution is -0.172. The van der Waals surface area contributed by atoms with E-state index in [0.29, 0.717) is 0 Å². The molecule has 0 amide bonds. The number of hydrogen-bond donors (Lipinski definition) is 0. The normalized spacial score (nSPS) is 11.7. The van der Waals surface area contributed by atoms with Gasteiger partial charge in [-0.25, -0.2) is 9.59 Å². The molecule has 5 nitrogen and oxygen atoms in total. The molecule has 0 aromatic rings. The van der Waals surface area contributed by atoms with Crippen molar-refractivity contribution in [2.75, 3.05) is 0 Å². The Labute approximate surface area is 122 Å². The number of rotatable bonds is 8. The van der Waals surface area contributed by atoms with Gasteiger partial charge < -0.3 is 13.6 Å². The molecule has 0 spiro atoms. The lowest BCUT2D eigenvalue weighted by atomic mass is 10.5. The Hall–Kier alpha value is -1.45. The molecule has 20 heavy (non-hydrogen) atoms. The van der Waals surface area contributed by atoms with Gasteiger partial charge in [-0.2, -0.15) is 0 Å². The summed E-state index contributed by atoms with van der Waals surface area (Å²) in [6.45, 7) is 14.8. The molecule has 0 aromatic carbocycles. The molecule has 1 radical (unpaired) electrons. The second kappa shape index (κ2) is 8.67. The molecule has 0 heterocycles. The van der Waals surface area contributed by atoms with Gasteiger partial charge in [0.15, 0.2) is 8.32 Å². The highest BCUT2D eigenvalue weighted by atomic mass is 28.4. The van der Waals surface area contributed by atoms with Crippen LogP contribution in [0.2, 0.25) is 26.2 Å². The first-order valence-corrected chi connectivity index (χ1v) is 11.4. The maximum absolute atomic E-state index is 11.2. The minimum Gasteiger partial charge on any atom is -0.453 e. The van der Waals surface area contributed by atoms with Crippen molar-refractivity contribution in [2.24, 2.45) is 0 Å². The fourth-order valence-corrected chi connectivity index (χ4v) is 5.72. The first-order valence-electron chi connectivity index (χ1n) is 6.05. The van der Waals surface area contributed by atoms with Crippen LogP contribution in [0.25, 0.3) is 0 Å². The van der Waals surface area contributed by atoms with E-state index in [4.69, 9.17) is 13.6 Å². The Morgan fingerprint density at radius 3 is 1.90 bits per heavy atom. The van der Waals surface area contributed by atoms with Gasteiger partial charge in [0.1, 0.15) is 0 Å². The average molecular weight is 313 g/mol. The summed E-state index contributed by atoms with van der Waals surface area (Å²) in [7, 11) is -2.80. The van der Waals surface area contributed by atoms with Crippen LogP contribution in [0.15, 0.2) is 37.1 Å². The highest BCUT2D eigenvalue weighted by Gasteiger charge is 2.19. The second-order valence-corrected chi connectivity index (χ2v) is 11.4. The zero-order chi connectivity index (χ0) is 15.8. The summed E-state index contributed by atoms with van der Waals surface area (Å²) in [6, 6.07) is 0. The fraction of sp³-hybridized carbons (Fsp3) is 0.385. The summed E-state index contributed by atoms with van der Waals surface area (Å²) in [5, 5.41) is 0. The third kappa shape index (κ3) is 9.48. The van der Waals surface area contributed by atoms with Crippen LogP contribution in [0, 0.1) is 0 Å². The molecule has 0 bridgehead atoms. The van der Waals surface area contributed by atoms with E-state index in [-0.39, 0.29) is 0 Å². The topological polar surface area (TPSA) is 61.8 Å². The van der Waals surface area contributed by atoms with Gasteiger partial charge in [0.2, 0.25) is 9.04 Å². The van der Waals surface area contributed by atoms with E-state index in [9.17, 15) is 9.59 Å². The van der Waals surface area contributed by atoms with Gasteiger partial charge in [0.05, 0.1) is 0 Å². The Kier molecular flexibility index (Phi) is 8.04. The maximum atomic E-state index is 11.2. The van der Waals surface area contributed by atoms with E-state index in [1.54, 1.807) is 5.70 Å². The molecule has 0 aliphatic heterocycles. The summed E-state index contributed by atoms with van der Waals surface area (Å²) in [6.07, 6.45) is 2.39. The van der Waals surface area contributed by atoms with E-state index in [1.165, 1.54) is 6.08 Å². The minimum absolute atomic E-state index is 0.674. The molecule has 0 N–H and O–H groups in total. The van der Waals surface area contributed by atoms with Gasteiger partial charge in [-0.1, -0.05) is 18.9 Å². The number of carbonyl (C=O) groups is 2. The predicted molar refractivity (Wildman–Crippen MR) is 81.6 cm³/mol. The van der Waals surface area contributed by atoms with Crippen molar-refractivity contribution < 1.29 is 23.2 Å². The Bertz CT molecular complexity index is 376. The zero-order valence-electron chi connectivity index (χ0n) is 12.3. The number of hydrogen-bond acceptors (Lipinski definition) is 5. The van der Waals surface area contributed by atoms with Crippen LogP contribution in [0.4, 0.5) is 0 Å². The average Bonchev–Trinajstić information content (AvgIpc) is 2.33. The molecule has 111 valence electrons. The van der Waals surface area contributed by atoms with E-state index < -0.39 is 35.6 Å². The van der Waals surface area contributed by atoms with E-state index in [1.807, 2.05) is 6.55 Å². The van der Waals surface area contributed by atoms with Gasteiger partial charge in [-0.3, -0.25) is 0 Å². The summed E-state index contributed by atoms with van der Waals surface area (Å²) < 4.78 is 15.7. The Morgan fingerprint density at radius 2 is 1.55 bits per heavy atom. The lowest BCUT2D eigenvalue weighted by Crippen LogP contribution is -2.32. The number of esters is 2. The molecule has 0 unspecified atom stereocenters. The molecular formula is C13H21O5Si2. The standard InChI is InChI=1S/C13H21O5Si2/c1-7-11(14)16-13(17-12(15)8-2)9-10-19(3)18-20(4,5)6/h7-10,13H,1-2H2,3-6H3. The first-order chi connectivity index (χ1) is 9.17. The number of ether oxygens (including phenoxy) is 2. The molecule has 7 heteroatoms. The lowest BCUT2D eigenvalue weighted by Gasteiger charge is -2.20. The third-order valence-corrected chi connectivity index (χ3v) is 6.15. The van der Waals surface area contributed by atoms with Crippen molar-refractivity contribution in [3.63, 3.8) is 0 Å². The molecule has 0 aliphatic rings. The van der Waals surface area contributed by atoms with Crippen LogP contribution >= 0.6 is 0 Å². The number of carbonyl (C=O) groups excluding carboxylic acids is 2. The molecular weight excluding hydrogens is 292 g/mol. The molecule has 0 saturated heterocycles. The highest BCUT2D eigenvalue weighted by molar-refractivity contribution is 6.78. The minimum atomic E-state index is -1.62. The van der Waals surface area contributed by atoms with Gasteiger partial charge >= 0.3 is 11.9 Å². The largest absolute Gasteiger partial charge is 0.453 e. The van der Waals surface area contributed by atoms with Gasteiger partial charge in [0.25, 0.3) is 6.29 Å². The van der Waals surface area contributed by atoms with Crippen LogP contribution in [0.3, 0.4) is 0 Å². The summed E-state index contributed by atoms with van der Waals surface area (Å²) in [5.41, 5.74) is 1.78. The Morgan fingerprint density at radius 1 is 1.10 bits per heavy atom. The van der Waals surface area contributed by atoms with Crippen molar-refractivity contribution in [1.29, 1.82) is 0 Å². The first kappa shape index (κ1) is 18.6. The quantitative estimate of drug-likeness (QED) is 0.298. The summed E-state index contributed by atoms with van der Waals surface area (Å²) in [5.74, 6) is -1.35.